The van der Waals surface area contributed by atoms with Crippen LogP contribution in [0.25, 0.3) is 0 Å². The molecule has 0 aromatic rings. The topological polar surface area (TPSA) is 158 Å². The van der Waals surface area contributed by atoms with E-state index in [1.54, 1.807) is 35.0 Å². The fraction of sp³-hybridized carbons (Fsp3) is 0.941. The Morgan fingerprint density at radius 1 is 1.02 bits per heavy atom. The number of oxime groups is 1. The average Bonchev–Trinajstić information content (AvgIpc) is 3.01. The van der Waals surface area contributed by atoms with Gasteiger partial charge in [-0.3, -0.25) is 4.79 Å². The van der Waals surface area contributed by atoms with Gasteiger partial charge in [0.05, 0.1) is 48.8 Å². The van der Waals surface area contributed by atoms with Gasteiger partial charge in [0.25, 0.3) is 0 Å². The van der Waals surface area contributed by atoms with E-state index in [4.69, 9.17) is 33.3 Å². The SMILES string of the molecule is CC[C@H]1OC(=O)[C@H](C)C[C@H](C)[C@@H](O[C@@H]2O[C@H](C)C[C@H](N(C)C)[C@H]2O)[C@](C)(OC)C[C@@H](C)/C(=N\OCOCCOC)[C@H](C)[C@@H](O)[C@]1(C)O. The van der Waals surface area contributed by atoms with Crippen molar-refractivity contribution in [1.82, 2.24) is 4.90 Å². The third-order valence-corrected chi connectivity index (χ3v) is 10.0. The van der Waals surface area contributed by atoms with Crippen LogP contribution in [-0.4, -0.2) is 134 Å². The van der Waals surface area contributed by atoms with Gasteiger partial charge in [-0.1, -0.05) is 39.8 Å². The number of likely N-dealkylation sites (N-methyl/N-ethyl adjacent to an activating group) is 1. The number of carbonyl (C=O) groups is 1. The van der Waals surface area contributed by atoms with Crippen molar-refractivity contribution in [2.75, 3.05) is 48.3 Å². The molecule has 0 radical (unpaired) electrons. The van der Waals surface area contributed by atoms with Gasteiger partial charge >= 0.3 is 5.97 Å². The largest absolute Gasteiger partial charge is 0.459 e. The Kier molecular flexibility index (Phi) is 16.5. The number of cyclic esters (lactones) is 1. The molecule has 0 unspecified atom stereocenters. The number of ether oxygens (including phenoxy) is 6. The third-order valence-electron chi connectivity index (χ3n) is 10.0. The van der Waals surface area contributed by atoms with Crippen molar-refractivity contribution in [2.24, 2.45) is 28.8 Å². The van der Waals surface area contributed by atoms with Crippen LogP contribution >= 0.6 is 0 Å². The quantitative estimate of drug-likeness (QED) is 0.127. The summed E-state index contributed by atoms with van der Waals surface area (Å²) < 4.78 is 35.5. The van der Waals surface area contributed by atoms with Crippen LogP contribution in [0.5, 0.6) is 0 Å². The van der Waals surface area contributed by atoms with E-state index in [9.17, 15) is 20.1 Å². The van der Waals surface area contributed by atoms with Crippen LogP contribution in [0.3, 0.4) is 0 Å². The maximum absolute atomic E-state index is 13.5. The van der Waals surface area contributed by atoms with E-state index in [0.717, 1.165) is 0 Å². The van der Waals surface area contributed by atoms with E-state index < -0.39 is 59.7 Å². The zero-order chi connectivity index (χ0) is 35.7. The molecule has 2 rings (SSSR count). The lowest BCUT2D eigenvalue weighted by molar-refractivity contribution is -0.297. The Balaban J connectivity index is 2.61. The molecule has 276 valence electrons. The van der Waals surface area contributed by atoms with E-state index >= 15 is 0 Å². The fourth-order valence-corrected chi connectivity index (χ4v) is 7.18. The molecule has 13 atom stereocenters. The highest BCUT2D eigenvalue weighted by atomic mass is 16.7. The lowest BCUT2D eigenvalue weighted by Gasteiger charge is -2.47. The number of nitrogens with zero attached hydrogens (tertiary/aromatic N) is 2. The highest BCUT2D eigenvalue weighted by molar-refractivity contribution is 5.88. The molecule has 0 aromatic carbocycles. The molecule has 0 aromatic heterocycles. The van der Waals surface area contributed by atoms with E-state index in [2.05, 4.69) is 5.16 Å². The van der Waals surface area contributed by atoms with Crippen LogP contribution in [0.15, 0.2) is 5.16 Å². The smallest absolute Gasteiger partial charge is 0.309 e. The number of aliphatic hydroxyl groups is 3. The molecule has 0 amide bonds. The molecule has 0 bridgehead atoms. The van der Waals surface area contributed by atoms with Crippen LogP contribution in [-0.2, 0) is 38.1 Å². The van der Waals surface area contributed by atoms with E-state index in [1.807, 2.05) is 46.7 Å². The maximum Gasteiger partial charge on any atom is 0.309 e. The maximum atomic E-state index is 13.5. The Labute approximate surface area is 282 Å². The first-order chi connectivity index (χ1) is 21.9. The van der Waals surface area contributed by atoms with Crippen molar-refractivity contribution in [1.29, 1.82) is 0 Å². The van der Waals surface area contributed by atoms with Crippen LogP contribution in [0.4, 0.5) is 0 Å². The number of hydrogen-bond acceptors (Lipinski definition) is 13. The van der Waals surface area contributed by atoms with Crippen LogP contribution in [0.1, 0.15) is 81.1 Å². The number of aliphatic hydroxyl groups excluding tert-OH is 2. The molecule has 2 heterocycles. The summed E-state index contributed by atoms with van der Waals surface area (Å²) >= 11 is 0. The minimum Gasteiger partial charge on any atom is -0.459 e. The summed E-state index contributed by atoms with van der Waals surface area (Å²) in [6, 6.07) is -0.178. The standard InChI is InChI=1S/C34H64N2O11/c1-13-26-34(8,40)29(38)24(6)27(35-44-19-43-15-14-41-11)22(4)18-33(7,42-12)30(20(2)16-21(3)31(39)46-26)47-32-28(37)25(36(9)10)17-23(5)45-32/h20-26,28-30,32,37-38,40H,13-19H2,1-12H3/b35-27+/t20-,21+,22+,23+,24-,25-,26+,28+,29+,30+,32-,33+,34+/m0/s1. The first-order valence-electron chi connectivity index (χ1n) is 17.0. The number of carbonyl (C=O) groups excluding carboxylic acids is 1. The van der Waals surface area contributed by atoms with Crippen molar-refractivity contribution < 1.29 is 53.4 Å². The molecule has 13 heteroatoms. The Morgan fingerprint density at radius 3 is 2.26 bits per heavy atom. The minimum atomic E-state index is -1.79. The Hall–Kier alpha value is -1.42. The lowest BCUT2D eigenvalue weighted by atomic mass is 9.74. The molecule has 2 saturated heterocycles. The van der Waals surface area contributed by atoms with Gasteiger partial charge in [-0.15, -0.1) is 0 Å². The van der Waals surface area contributed by atoms with Gasteiger partial charge in [0.2, 0.25) is 6.79 Å². The van der Waals surface area contributed by atoms with Crippen molar-refractivity contribution >= 4 is 11.7 Å². The first kappa shape index (κ1) is 41.7. The zero-order valence-corrected chi connectivity index (χ0v) is 30.8. The molecule has 3 N–H and O–H groups in total. The van der Waals surface area contributed by atoms with E-state index in [0.29, 0.717) is 38.2 Å². The number of hydrogen-bond donors (Lipinski definition) is 3. The van der Waals surface area contributed by atoms with Gasteiger partial charge in [0.1, 0.15) is 17.8 Å². The second kappa shape index (κ2) is 18.5. The normalized spacial score (nSPS) is 42.3. The molecule has 0 aliphatic carbocycles. The number of rotatable bonds is 11. The van der Waals surface area contributed by atoms with Crippen molar-refractivity contribution in [2.45, 2.75) is 135 Å². The molecule has 0 spiro atoms. The average molecular weight is 677 g/mol. The van der Waals surface area contributed by atoms with Gasteiger partial charge in [0, 0.05) is 32.1 Å². The molecule has 13 nitrogen and oxygen atoms in total. The van der Waals surface area contributed by atoms with E-state index in [-0.39, 0.29) is 37.2 Å². The van der Waals surface area contributed by atoms with Gasteiger partial charge in [0.15, 0.2) is 6.29 Å². The fourth-order valence-electron chi connectivity index (χ4n) is 7.18. The highest BCUT2D eigenvalue weighted by Crippen LogP contribution is 2.39. The van der Waals surface area contributed by atoms with Gasteiger partial charge in [-0.05, 0) is 66.5 Å². The van der Waals surface area contributed by atoms with Gasteiger partial charge in [-0.25, -0.2) is 0 Å². The summed E-state index contributed by atoms with van der Waals surface area (Å²) in [6.45, 7) is 15.2. The zero-order valence-electron chi connectivity index (χ0n) is 30.8. The van der Waals surface area contributed by atoms with E-state index in [1.165, 1.54) is 6.92 Å². The summed E-state index contributed by atoms with van der Waals surface area (Å²) in [6.07, 6.45) is -3.36. The Bertz CT molecular complexity index is 982. The molecular formula is C34H64N2O11. The van der Waals surface area contributed by atoms with Gasteiger partial charge < -0.3 is 53.5 Å². The molecule has 2 fully saturated rings. The predicted octanol–water partition coefficient (Wildman–Crippen LogP) is 2.97. The first-order valence-corrected chi connectivity index (χ1v) is 17.0. The van der Waals surface area contributed by atoms with Crippen LogP contribution < -0.4 is 0 Å². The van der Waals surface area contributed by atoms with Crippen molar-refractivity contribution in [3.05, 3.63) is 0 Å². The summed E-state index contributed by atoms with van der Waals surface area (Å²) in [5, 5.41) is 39.1. The summed E-state index contributed by atoms with van der Waals surface area (Å²) in [4.78, 5) is 21.0. The van der Waals surface area contributed by atoms with Crippen LogP contribution in [0, 0.1) is 23.7 Å². The monoisotopic (exact) mass is 676 g/mol. The summed E-state index contributed by atoms with van der Waals surface area (Å²) in [5.41, 5.74) is -2.32. The van der Waals surface area contributed by atoms with Gasteiger partial charge in [-0.2, -0.15) is 0 Å². The second-order valence-electron chi connectivity index (χ2n) is 14.3. The molecular weight excluding hydrogens is 612 g/mol. The Morgan fingerprint density at radius 2 is 1.68 bits per heavy atom. The molecule has 2 aliphatic rings. The summed E-state index contributed by atoms with van der Waals surface area (Å²) in [5.74, 6) is -2.40. The second-order valence-corrected chi connectivity index (χ2v) is 14.3. The molecule has 2 aliphatic heterocycles. The number of methoxy groups -OCH3 is 2. The predicted molar refractivity (Wildman–Crippen MR) is 177 cm³/mol. The summed E-state index contributed by atoms with van der Waals surface area (Å²) in [7, 11) is 7.02. The lowest BCUT2D eigenvalue weighted by Crippen LogP contribution is -2.59. The minimum absolute atomic E-state index is 0.141. The molecule has 0 saturated carbocycles. The third kappa shape index (κ3) is 10.8. The number of esters is 1. The molecule has 47 heavy (non-hydrogen) atoms. The highest BCUT2D eigenvalue weighted by Gasteiger charge is 2.50. The van der Waals surface area contributed by atoms with Crippen LogP contribution in [0.2, 0.25) is 0 Å². The van der Waals surface area contributed by atoms with Crippen molar-refractivity contribution in [3.8, 4) is 0 Å². The van der Waals surface area contributed by atoms with Crippen molar-refractivity contribution in [3.63, 3.8) is 0 Å².